The second kappa shape index (κ2) is 24.0. The second-order valence-corrected chi connectivity index (χ2v) is 27.2. The van der Waals surface area contributed by atoms with Gasteiger partial charge in [-0.05, 0) is 217 Å². The summed E-state index contributed by atoms with van der Waals surface area (Å²) in [4.78, 5) is 0. The van der Waals surface area contributed by atoms with Crippen molar-refractivity contribution < 1.29 is 17.7 Å². The highest BCUT2D eigenvalue weighted by Gasteiger charge is 2.23. The summed E-state index contributed by atoms with van der Waals surface area (Å²) in [7, 11) is 0. The normalized spacial score (nSPS) is 11.8. The lowest BCUT2D eigenvalue weighted by atomic mass is 9.85. The summed E-state index contributed by atoms with van der Waals surface area (Å²) in [5, 5.41) is 18.7. The zero-order valence-electron chi connectivity index (χ0n) is 56.3. The maximum Gasteiger partial charge on any atom is 0.136 e. The fourth-order valence-electron chi connectivity index (χ4n) is 16.7. The number of hydrogen-bond donors (Lipinski definition) is 0. The van der Waals surface area contributed by atoms with Crippen molar-refractivity contribution in [3.05, 3.63) is 364 Å². The first-order valence-corrected chi connectivity index (χ1v) is 35.5. The first kappa shape index (κ1) is 59.1. The molecule has 4 heteroatoms. The van der Waals surface area contributed by atoms with Gasteiger partial charge in [0.2, 0.25) is 0 Å². The predicted molar refractivity (Wildman–Crippen MR) is 436 cm³/mol. The van der Waals surface area contributed by atoms with E-state index in [4.69, 9.17) is 17.7 Å². The second-order valence-electron chi connectivity index (χ2n) is 27.2. The highest BCUT2D eigenvalue weighted by molar-refractivity contribution is 6.25. The molecule has 4 aromatic heterocycles. The third-order valence-electron chi connectivity index (χ3n) is 21.4. The van der Waals surface area contributed by atoms with Gasteiger partial charge in [-0.15, -0.1) is 0 Å². The Morgan fingerprint density at radius 2 is 0.404 bits per heavy atom. The van der Waals surface area contributed by atoms with Crippen molar-refractivity contribution in [2.24, 2.45) is 0 Å². The third-order valence-corrected chi connectivity index (χ3v) is 21.4. The van der Waals surface area contributed by atoms with Crippen LogP contribution in [0, 0.1) is 0 Å². The molecule has 0 unspecified atom stereocenters. The summed E-state index contributed by atoms with van der Waals surface area (Å²) >= 11 is 0. The Kier molecular flexibility index (Phi) is 13.6. The number of para-hydroxylation sites is 4. The van der Waals surface area contributed by atoms with Crippen LogP contribution in [0.2, 0.25) is 0 Å². The lowest BCUT2D eigenvalue weighted by molar-refractivity contribution is 0.668. The van der Waals surface area contributed by atoms with Crippen molar-refractivity contribution in [1.29, 1.82) is 0 Å². The van der Waals surface area contributed by atoms with Crippen LogP contribution in [-0.2, 0) is 0 Å². The van der Waals surface area contributed by atoms with E-state index in [0.29, 0.717) is 0 Å². The van der Waals surface area contributed by atoms with E-state index in [2.05, 4.69) is 328 Å². The predicted octanol–water partition coefficient (Wildman–Crippen LogP) is 28.9. The van der Waals surface area contributed by atoms with Crippen molar-refractivity contribution in [3.8, 4) is 89.0 Å². The molecular formula is C100H60O4. The van der Waals surface area contributed by atoms with E-state index >= 15 is 0 Å². The van der Waals surface area contributed by atoms with Crippen LogP contribution in [0.25, 0.3) is 220 Å². The van der Waals surface area contributed by atoms with Gasteiger partial charge in [0.15, 0.2) is 0 Å². The molecule has 0 bridgehead atoms. The number of rotatable bonds is 8. The van der Waals surface area contributed by atoms with Crippen LogP contribution < -0.4 is 0 Å². The van der Waals surface area contributed by atoms with Gasteiger partial charge in [-0.3, -0.25) is 0 Å². The Labute approximate surface area is 597 Å². The van der Waals surface area contributed by atoms with Crippen molar-refractivity contribution >= 4 is 131 Å². The van der Waals surface area contributed by atoms with E-state index in [9.17, 15) is 0 Å². The smallest absolute Gasteiger partial charge is 0.136 e. The molecule has 0 aliphatic heterocycles. The van der Waals surface area contributed by atoms with E-state index in [1.165, 1.54) is 110 Å². The van der Waals surface area contributed by atoms with Crippen LogP contribution in [0.3, 0.4) is 0 Å². The Morgan fingerprint density at radius 1 is 0.125 bits per heavy atom. The molecule has 0 aliphatic rings. The minimum absolute atomic E-state index is 0.895. The zero-order valence-corrected chi connectivity index (χ0v) is 56.3. The molecule has 484 valence electrons. The van der Waals surface area contributed by atoms with E-state index in [0.717, 1.165) is 110 Å². The Balaban J connectivity index is 0.000000134. The molecule has 0 atom stereocenters. The molecule has 0 saturated carbocycles. The van der Waals surface area contributed by atoms with Gasteiger partial charge in [0.25, 0.3) is 0 Å². The van der Waals surface area contributed by atoms with Gasteiger partial charge in [0, 0.05) is 43.1 Å². The van der Waals surface area contributed by atoms with Gasteiger partial charge in [0.05, 0.1) is 0 Å². The maximum atomic E-state index is 6.38. The van der Waals surface area contributed by atoms with E-state index < -0.39 is 0 Å². The molecule has 0 fully saturated rings. The Hall–Kier alpha value is -13.8. The summed E-state index contributed by atoms with van der Waals surface area (Å²) in [5.41, 5.74) is 26.2. The van der Waals surface area contributed by atoms with E-state index in [1.54, 1.807) is 0 Å². The van der Waals surface area contributed by atoms with Crippen molar-refractivity contribution in [2.75, 3.05) is 0 Å². The molecule has 104 heavy (non-hydrogen) atoms. The molecule has 22 aromatic rings. The van der Waals surface area contributed by atoms with Gasteiger partial charge in [-0.25, -0.2) is 0 Å². The fourth-order valence-corrected chi connectivity index (χ4v) is 16.7. The molecule has 0 N–H and O–H groups in total. The molecule has 0 amide bonds. The molecule has 0 radical (unpaired) electrons. The number of furan rings is 4. The quantitative estimate of drug-likeness (QED) is 0.142. The average Bonchev–Trinajstić information content (AvgIpc) is 0.903. The van der Waals surface area contributed by atoms with E-state index in [1.807, 2.05) is 36.4 Å². The standard InChI is InChI=1S/2C50H30O2/c1-2-13-31(14-3-1)32-15-8-16-33(29-32)48-38-21-9-19-34(36-23-11-27-46-49(36)40-17-4-6-25-44(40)51-46)42(38)30-43-35(20-10-22-39(43)48)37-24-12-28-47-50(37)41-18-5-7-26-45(41)52-47;1-2-11-31(12-3-1)32-13-8-14-35(27-32)50-40-19-9-17-36(33-23-25-48-44(28-33)38-15-4-6-21-46(38)51-48)42(40)30-43-37(18-10-20-41(43)50)34-24-26-49-45(29-34)39-16-5-7-22-47(39)52-49/h2*1-30H. The molecule has 0 saturated heterocycles. The van der Waals surface area contributed by atoms with Gasteiger partial charge in [-0.1, -0.05) is 279 Å². The summed E-state index contributed by atoms with van der Waals surface area (Å²) < 4.78 is 25.2. The van der Waals surface area contributed by atoms with E-state index in [-0.39, 0.29) is 0 Å². The Morgan fingerprint density at radius 3 is 0.827 bits per heavy atom. The topological polar surface area (TPSA) is 52.6 Å². The van der Waals surface area contributed by atoms with Gasteiger partial charge >= 0.3 is 0 Å². The van der Waals surface area contributed by atoms with Crippen LogP contribution in [0.5, 0.6) is 0 Å². The maximum absolute atomic E-state index is 6.38. The van der Waals surface area contributed by atoms with Crippen LogP contribution in [-0.4, -0.2) is 0 Å². The highest BCUT2D eigenvalue weighted by atomic mass is 16.3. The lowest BCUT2D eigenvalue weighted by Crippen LogP contribution is -1.91. The first-order chi connectivity index (χ1) is 51.6. The van der Waals surface area contributed by atoms with Crippen LogP contribution >= 0.6 is 0 Å². The molecule has 0 aliphatic carbocycles. The van der Waals surface area contributed by atoms with Crippen LogP contribution in [0.1, 0.15) is 0 Å². The molecule has 4 heterocycles. The summed E-state index contributed by atoms with van der Waals surface area (Å²) in [5.74, 6) is 0. The molecule has 0 spiro atoms. The van der Waals surface area contributed by atoms with Gasteiger partial charge < -0.3 is 17.7 Å². The average molecular weight is 1330 g/mol. The largest absolute Gasteiger partial charge is 0.456 e. The van der Waals surface area contributed by atoms with Crippen molar-refractivity contribution in [2.45, 2.75) is 0 Å². The number of benzene rings is 18. The SMILES string of the molecule is c1ccc(-c2cccc(-c3c4cccc(-c5ccc6oc7ccccc7c6c5)c4cc4c(-c5ccc6oc7ccccc7c6c5)cccc34)c2)cc1.c1ccc(-c2cccc(-c3c4cccc(-c5cccc6oc7ccccc7c56)c4cc4c(-c5cccc6oc7ccccc7c56)cccc34)c2)cc1. The minimum atomic E-state index is 0.895. The number of hydrogen-bond acceptors (Lipinski definition) is 4. The van der Waals surface area contributed by atoms with Crippen LogP contribution in [0.15, 0.2) is 382 Å². The molecule has 22 rings (SSSR count). The zero-order chi connectivity index (χ0) is 68.3. The summed E-state index contributed by atoms with van der Waals surface area (Å²) in [6, 6.07) is 130. The molecule has 18 aromatic carbocycles. The van der Waals surface area contributed by atoms with Crippen molar-refractivity contribution in [3.63, 3.8) is 0 Å². The van der Waals surface area contributed by atoms with Crippen molar-refractivity contribution in [1.82, 2.24) is 0 Å². The van der Waals surface area contributed by atoms with Crippen LogP contribution in [0.4, 0.5) is 0 Å². The summed E-state index contributed by atoms with van der Waals surface area (Å²) in [6.45, 7) is 0. The number of fused-ring (bicyclic) bond motifs is 16. The fraction of sp³-hybridized carbons (Fsp3) is 0. The first-order valence-electron chi connectivity index (χ1n) is 35.5. The monoisotopic (exact) mass is 1320 g/mol. The lowest BCUT2D eigenvalue weighted by Gasteiger charge is -2.18. The highest BCUT2D eigenvalue weighted by Crippen LogP contribution is 2.50. The molecular weight excluding hydrogens is 1270 g/mol. The van der Waals surface area contributed by atoms with Gasteiger partial charge in [-0.2, -0.15) is 0 Å². The van der Waals surface area contributed by atoms with Gasteiger partial charge in [0.1, 0.15) is 44.7 Å². The molecule has 4 nitrogen and oxygen atoms in total. The Bertz CT molecular complexity index is 6880. The third kappa shape index (κ3) is 9.61. The minimum Gasteiger partial charge on any atom is -0.456 e. The summed E-state index contributed by atoms with van der Waals surface area (Å²) in [6.07, 6.45) is 0.